The number of carboxylic acid groups (broad SMARTS) is 1. The minimum atomic E-state index is -0.996. The first kappa shape index (κ1) is 13.7. The number of fused-ring (bicyclic) bond motifs is 1. The van der Waals surface area contributed by atoms with Crippen LogP contribution in [0.3, 0.4) is 0 Å². The fourth-order valence-electron chi connectivity index (χ4n) is 2.56. The number of aromatic amines is 1. The molecule has 1 aromatic heterocycles. The predicted octanol–water partition coefficient (Wildman–Crippen LogP) is 2.08. The Morgan fingerprint density at radius 2 is 2.10 bits per heavy atom. The van der Waals surface area contributed by atoms with Crippen molar-refractivity contribution in [1.29, 1.82) is 0 Å². The molecule has 1 amide bonds. The van der Waals surface area contributed by atoms with E-state index in [1.807, 2.05) is 30.5 Å². The van der Waals surface area contributed by atoms with E-state index in [4.69, 9.17) is 0 Å². The van der Waals surface area contributed by atoms with Crippen molar-refractivity contribution in [3.63, 3.8) is 0 Å². The summed E-state index contributed by atoms with van der Waals surface area (Å²) in [6.07, 6.45) is 4.70. The summed E-state index contributed by atoms with van der Waals surface area (Å²) in [5.41, 5.74) is 1.88. The van der Waals surface area contributed by atoms with Crippen LogP contribution in [-0.2, 0) is 16.0 Å². The number of carbonyl (C=O) groups is 2. The van der Waals surface area contributed by atoms with Gasteiger partial charge < -0.3 is 15.4 Å². The topological polar surface area (TPSA) is 82.2 Å². The van der Waals surface area contributed by atoms with Gasteiger partial charge >= 0.3 is 5.97 Å². The summed E-state index contributed by atoms with van der Waals surface area (Å²) >= 11 is 0. The number of carbonyl (C=O) groups excluding carboxylic acids is 1. The molecule has 1 heterocycles. The van der Waals surface area contributed by atoms with Crippen molar-refractivity contribution in [2.45, 2.75) is 31.7 Å². The molecule has 3 N–H and O–H groups in total. The van der Waals surface area contributed by atoms with Gasteiger partial charge in [0.1, 0.15) is 6.04 Å². The van der Waals surface area contributed by atoms with Gasteiger partial charge in [0, 0.05) is 29.9 Å². The third kappa shape index (κ3) is 3.24. The minimum Gasteiger partial charge on any atom is -0.480 e. The molecular formula is C16H18N2O3. The van der Waals surface area contributed by atoms with Gasteiger partial charge in [0.2, 0.25) is 5.91 Å². The Labute approximate surface area is 122 Å². The van der Waals surface area contributed by atoms with Gasteiger partial charge in [0.25, 0.3) is 0 Å². The van der Waals surface area contributed by atoms with Crippen LogP contribution in [0.1, 0.15) is 24.8 Å². The van der Waals surface area contributed by atoms with Crippen molar-refractivity contribution in [2.24, 2.45) is 5.92 Å². The molecule has 110 valence electrons. The first-order valence-electron chi connectivity index (χ1n) is 7.20. The van der Waals surface area contributed by atoms with Crippen LogP contribution in [0.5, 0.6) is 0 Å². The molecule has 3 rings (SSSR count). The fourth-order valence-corrected chi connectivity index (χ4v) is 2.56. The quantitative estimate of drug-likeness (QED) is 0.760. The average Bonchev–Trinajstić information content (AvgIpc) is 3.17. The van der Waals surface area contributed by atoms with E-state index in [-0.39, 0.29) is 12.3 Å². The number of carboxylic acids is 1. The van der Waals surface area contributed by atoms with Gasteiger partial charge in [-0.2, -0.15) is 0 Å². The SMILES string of the molecule is O=C(CC1CC1)N[C@H](Cc1c[nH]c2ccccc12)C(=O)O. The second-order valence-electron chi connectivity index (χ2n) is 5.67. The van der Waals surface area contributed by atoms with Crippen LogP contribution >= 0.6 is 0 Å². The van der Waals surface area contributed by atoms with E-state index >= 15 is 0 Å². The molecule has 0 bridgehead atoms. The Hall–Kier alpha value is -2.30. The normalized spacial score (nSPS) is 15.8. The molecule has 5 heteroatoms. The molecule has 0 radical (unpaired) electrons. The molecule has 0 saturated heterocycles. The number of hydrogen-bond donors (Lipinski definition) is 3. The van der Waals surface area contributed by atoms with Crippen LogP contribution in [-0.4, -0.2) is 28.0 Å². The van der Waals surface area contributed by atoms with Crippen LogP contribution in [0, 0.1) is 5.92 Å². The van der Waals surface area contributed by atoms with Crippen molar-refractivity contribution >= 4 is 22.8 Å². The standard InChI is InChI=1S/C16H18N2O3/c19-15(7-10-5-6-10)18-14(16(20)21)8-11-9-17-13-4-2-1-3-12(11)13/h1-4,9-10,14,17H,5-8H2,(H,18,19)(H,20,21)/t14-/m1/s1. The molecule has 1 saturated carbocycles. The van der Waals surface area contributed by atoms with Crippen molar-refractivity contribution in [3.05, 3.63) is 36.0 Å². The van der Waals surface area contributed by atoms with E-state index in [2.05, 4.69) is 10.3 Å². The lowest BCUT2D eigenvalue weighted by Crippen LogP contribution is -2.42. The summed E-state index contributed by atoms with van der Waals surface area (Å²) in [6, 6.07) is 6.86. The highest BCUT2D eigenvalue weighted by Crippen LogP contribution is 2.32. The van der Waals surface area contributed by atoms with E-state index in [9.17, 15) is 14.7 Å². The maximum absolute atomic E-state index is 11.8. The number of aromatic nitrogens is 1. The van der Waals surface area contributed by atoms with E-state index < -0.39 is 12.0 Å². The van der Waals surface area contributed by atoms with Gasteiger partial charge in [0.15, 0.2) is 0 Å². The highest BCUT2D eigenvalue weighted by atomic mass is 16.4. The number of benzene rings is 1. The zero-order chi connectivity index (χ0) is 14.8. The Bertz CT molecular complexity index is 673. The molecule has 0 unspecified atom stereocenters. The predicted molar refractivity (Wildman–Crippen MR) is 78.9 cm³/mol. The molecular weight excluding hydrogens is 268 g/mol. The Morgan fingerprint density at radius 1 is 1.33 bits per heavy atom. The maximum Gasteiger partial charge on any atom is 0.326 e. The lowest BCUT2D eigenvalue weighted by molar-refractivity contribution is -0.141. The van der Waals surface area contributed by atoms with E-state index in [0.717, 1.165) is 29.3 Å². The first-order valence-corrected chi connectivity index (χ1v) is 7.20. The highest BCUT2D eigenvalue weighted by molar-refractivity contribution is 5.86. The molecule has 1 atom stereocenters. The monoisotopic (exact) mass is 286 g/mol. The first-order chi connectivity index (χ1) is 10.1. The summed E-state index contributed by atoms with van der Waals surface area (Å²) in [7, 11) is 0. The third-order valence-corrected chi connectivity index (χ3v) is 3.90. The van der Waals surface area contributed by atoms with Gasteiger partial charge in [-0.1, -0.05) is 18.2 Å². The van der Waals surface area contributed by atoms with Gasteiger partial charge in [0.05, 0.1) is 0 Å². The van der Waals surface area contributed by atoms with Crippen LogP contribution in [0.25, 0.3) is 10.9 Å². The molecule has 0 aliphatic heterocycles. The average molecular weight is 286 g/mol. The van der Waals surface area contributed by atoms with E-state index in [0.29, 0.717) is 12.3 Å². The number of amides is 1. The molecule has 21 heavy (non-hydrogen) atoms. The molecule has 1 aliphatic carbocycles. The zero-order valence-electron chi connectivity index (χ0n) is 11.6. The fraction of sp³-hybridized carbons (Fsp3) is 0.375. The van der Waals surface area contributed by atoms with Gasteiger partial charge in [-0.05, 0) is 30.4 Å². The maximum atomic E-state index is 11.8. The number of aliphatic carboxylic acids is 1. The molecule has 0 spiro atoms. The summed E-state index contributed by atoms with van der Waals surface area (Å²) in [6.45, 7) is 0. The lowest BCUT2D eigenvalue weighted by atomic mass is 10.0. The number of hydrogen-bond acceptors (Lipinski definition) is 2. The second kappa shape index (κ2) is 5.60. The van der Waals surface area contributed by atoms with Crippen molar-refractivity contribution in [2.75, 3.05) is 0 Å². The third-order valence-electron chi connectivity index (χ3n) is 3.90. The lowest BCUT2D eigenvalue weighted by Gasteiger charge is -2.14. The van der Waals surface area contributed by atoms with E-state index in [1.165, 1.54) is 0 Å². The van der Waals surface area contributed by atoms with Crippen molar-refractivity contribution in [1.82, 2.24) is 10.3 Å². The van der Waals surface area contributed by atoms with Crippen molar-refractivity contribution < 1.29 is 14.7 Å². The molecule has 5 nitrogen and oxygen atoms in total. The van der Waals surface area contributed by atoms with Gasteiger partial charge in [-0.3, -0.25) is 4.79 Å². The molecule has 1 aliphatic rings. The van der Waals surface area contributed by atoms with Crippen LogP contribution < -0.4 is 5.32 Å². The highest BCUT2D eigenvalue weighted by Gasteiger charge is 2.27. The summed E-state index contributed by atoms with van der Waals surface area (Å²) in [4.78, 5) is 26.3. The zero-order valence-corrected chi connectivity index (χ0v) is 11.6. The summed E-state index contributed by atoms with van der Waals surface area (Å²) in [5, 5.41) is 13.0. The second-order valence-corrected chi connectivity index (χ2v) is 5.67. The van der Waals surface area contributed by atoms with Crippen LogP contribution in [0.4, 0.5) is 0 Å². The number of H-pyrrole nitrogens is 1. The van der Waals surface area contributed by atoms with Crippen LogP contribution in [0.2, 0.25) is 0 Å². The van der Waals surface area contributed by atoms with Gasteiger partial charge in [-0.15, -0.1) is 0 Å². The molecule has 1 aromatic carbocycles. The number of para-hydroxylation sites is 1. The number of rotatable bonds is 6. The van der Waals surface area contributed by atoms with E-state index in [1.54, 1.807) is 0 Å². The Balaban J connectivity index is 1.72. The number of nitrogens with one attached hydrogen (secondary N) is 2. The Kier molecular flexibility index (Phi) is 3.64. The molecule has 2 aromatic rings. The smallest absolute Gasteiger partial charge is 0.326 e. The molecule has 1 fully saturated rings. The van der Waals surface area contributed by atoms with Crippen molar-refractivity contribution in [3.8, 4) is 0 Å². The van der Waals surface area contributed by atoms with Crippen LogP contribution in [0.15, 0.2) is 30.5 Å². The summed E-state index contributed by atoms with van der Waals surface area (Å²) < 4.78 is 0. The Morgan fingerprint density at radius 3 is 2.81 bits per heavy atom. The largest absolute Gasteiger partial charge is 0.480 e. The summed E-state index contributed by atoms with van der Waals surface area (Å²) in [5.74, 6) is -0.707. The van der Waals surface area contributed by atoms with Gasteiger partial charge in [-0.25, -0.2) is 4.79 Å². The minimum absolute atomic E-state index is 0.162.